The molecular formula is C46H29N. The third kappa shape index (κ3) is 3.84. The maximum atomic E-state index is 2.48. The molecule has 10 aromatic rings. The Balaban J connectivity index is 1.39. The fourth-order valence-electron chi connectivity index (χ4n) is 7.96. The molecular weight excluding hydrogens is 567 g/mol. The molecule has 9 aromatic carbocycles. The van der Waals surface area contributed by atoms with Gasteiger partial charge in [-0.25, -0.2) is 0 Å². The number of aromatic nitrogens is 1. The van der Waals surface area contributed by atoms with Crippen LogP contribution >= 0.6 is 0 Å². The average molecular weight is 596 g/mol. The normalized spacial score (nSPS) is 11.8. The van der Waals surface area contributed by atoms with E-state index in [9.17, 15) is 0 Å². The van der Waals surface area contributed by atoms with E-state index in [2.05, 4.69) is 180 Å². The van der Waals surface area contributed by atoms with Gasteiger partial charge in [0.25, 0.3) is 0 Å². The Kier molecular flexibility index (Phi) is 5.64. The molecule has 0 radical (unpaired) electrons. The van der Waals surface area contributed by atoms with Crippen molar-refractivity contribution in [2.75, 3.05) is 0 Å². The Hall–Kier alpha value is -6.18. The van der Waals surface area contributed by atoms with E-state index in [0.29, 0.717) is 0 Å². The highest BCUT2D eigenvalue weighted by Gasteiger charge is 2.22. The van der Waals surface area contributed by atoms with Gasteiger partial charge in [-0.3, -0.25) is 0 Å². The first-order chi connectivity index (χ1) is 23.3. The van der Waals surface area contributed by atoms with Gasteiger partial charge in [-0.05, 0) is 84.0 Å². The van der Waals surface area contributed by atoms with Crippen molar-refractivity contribution in [2.24, 2.45) is 0 Å². The number of nitrogens with zero attached hydrogens (tertiary/aromatic N) is 1. The summed E-state index contributed by atoms with van der Waals surface area (Å²) in [6.07, 6.45) is 0. The van der Waals surface area contributed by atoms with Gasteiger partial charge >= 0.3 is 0 Å². The molecule has 0 aliphatic carbocycles. The van der Waals surface area contributed by atoms with Crippen LogP contribution < -0.4 is 0 Å². The maximum Gasteiger partial charge on any atom is 0.0620 e. The molecule has 0 atom stereocenters. The largest absolute Gasteiger partial charge is 0.309 e. The highest BCUT2D eigenvalue weighted by atomic mass is 15.0. The molecule has 10 rings (SSSR count). The van der Waals surface area contributed by atoms with Gasteiger partial charge < -0.3 is 4.57 Å². The minimum absolute atomic E-state index is 1.16. The van der Waals surface area contributed by atoms with Gasteiger partial charge in [0.2, 0.25) is 0 Å². The van der Waals surface area contributed by atoms with Gasteiger partial charge in [0.1, 0.15) is 0 Å². The number of hydrogen-bond acceptors (Lipinski definition) is 0. The Morgan fingerprint density at radius 1 is 0.340 bits per heavy atom. The van der Waals surface area contributed by atoms with Crippen molar-refractivity contribution >= 4 is 64.9 Å². The lowest BCUT2D eigenvalue weighted by atomic mass is 9.85. The van der Waals surface area contributed by atoms with Crippen LogP contribution in [0.5, 0.6) is 0 Å². The van der Waals surface area contributed by atoms with Crippen LogP contribution in [0, 0.1) is 0 Å². The van der Waals surface area contributed by atoms with Gasteiger partial charge in [0.15, 0.2) is 0 Å². The van der Waals surface area contributed by atoms with Gasteiger partial charge in [0, 0.05) is 22.0 Å². The van der Waals surface area contributed by atoms with Crippen molar-refractivity contribution in [3.05, 3.63) is 176 Å². The van der Waals surface area contributed by atoms with Crippen LogP contribution in [0.15, 0.2) is 176 Å². The molecule has 1 heterocycles. The SMILES string of the molecule is c1ccc(-n2c3ccc4ccccc4c3c3cccc(-c4c5ccccc5c(-c5ccc6ccccc6c5)c5ccccc45)c32)cc1. The van der Waals surface area contributed by atoms with Crippen molar-refractivity contribution in [3.8, 4) is 27.9 Å². The van der Waals surface area contributed by atoms with Gasteiger partial charge in [0.05, 0.1) is 11.0 Å². The summed E-state index contributed by atoms with van der Waals surface area (Å²) in [5.41, 5.74) is 8.66. The van der Waals surface area contributed by atoms with E-state index < -0.39 is 0 Å². The fourth-order valence-corrected chi connectivity index (χ4v) is 7.96. The molecule has 0 aliphatic rings. The lowest BCUT2D eigenvalue weighted by Crippen LogP contribution is -1.96. The van der Waals surface area contributed by atoms with E-state index in [0.717, 1.165) is 5.69 Å². The molecule has 0 saturated carbocycles. The van der Waals surface area contributed by atoms with Crippen molar-refractivity contribution in [3.63, 3.8) is 0 Å². The molecule has 1 aromatic heterocycles. The van der Waals surface area contributed by atoms with Gasteiger partial charge in [-0.1, -0.05) is 152 Å². The number of fused-ring (bicyclic) bond motifs is 8. The molecule has 0 aliphatic heterocycles. The molecule has 0 amide bonds. The maximum absolute atomic E-state index is 2.48. The summed E-state index contributed by atoms with van der Waals surface area (Å²) in [5, 5.41) is 12.7. The zero-order valence-corrected chi connectivity index (χ0v) is 25.7. The molecule has 0 unspecified atom stereocenters. The molecule has 47 heavy (non-hydrogen) atoms. The standard InChI is InChI=1S/C46H29N/c1-2-16-34(17-3-1)47-42-28-27-31-14-6-7-18-35(31)45(42)41-24-12-23-40(46(41)47)44-38-21-10-8-19-36(38)43(37-20-9-11-22-39(37)44)33-26-25-30-13-4-5-15-32(30)29-33/h1-29H. The molecule has 1 heteroatoms. The predicted molar refractivity (Wildman–Crippen MR) is 202 cm³/mol. The third-order valence-corrected chi connectivity index (χ3v) is 9.93. The topological polar surface area (TPSA) is 4.93 Å². The zero-order chi connectivity index (χ0) is 30.9. The highest BCUT2D eigenvalue weighted by Crippen LogP contribution is 2.48. The van der Waals surface area contributed by atoms with E-state index in [1.54, 1.807) is 0 Å². The van der Waals surface area contributed by atoms with Crippen molar-refractivity contribution in [1.29, 1.82) is 0 Å². The minimum atomic E-state index is 1.16. The van der Waals surface area contributed by atoms with Crippen molar-refractivity contribution < 1.29 is 0 Å². The monoisotopic (exact) mass is 595 g/mol. The second-order valence-electron chi connectivity index (χ2n) is 12.5. The summed E-state index contributed by atoms with van der Waals surface area (Å²) < 4.78 is 2.48. The van der Waals surface area contributed by atoms with Crippen LogP contribution in [0.4, 0.5) is 0 Å². The Labute approximate surface area is 272 Å². The quantitative estimate of drug-likeness (QED) is 0.179. The minimum Gasteiger partial charge on any atom is -0.309 e. The van der Waals surface area contributed by atoms with Crippen LogP contribution in [-0.2, 0) is 0 Å². The number of benzene rings is 9. The van der Waals surface area contributed by atoms with Crippen LogP contribution in [0.25, 0.3) is 92.8 Å². The number of para-hydroxylation sites is 2. The summed E-state index contributed by atoms with van der Waals surface area (Å²) in [5.74, 6) is 0. The summed E-state index contributed by atoms with van der Waals surface area (Å²) in [7, 11) is 0. The first-order valence-corrected chi connectivity index (χ1v) is 16.3. The van der Waals surface area contributed by atoms with E-state index in [1.807, 2.05) is 0 Å². The lowest BCUT2D eigenvalue weighted by Gasteiger charge is -2.19. The van der Waals surface area contributed by atoms with E-state index in [-0.39, 0.29) is 0 Å². The van der Waals surface area contributed by atoms with Gasteiger partial charge in [-0.2, -0.15) is 0 Å². The molecule has 0 saturated heterocycles. The Bertz CT molecular complexity index is 2780. The average Bonchev–Trinajstić information content (AvgIpc) is 3.49. The van der Waals surface area contributed by atoms with Crippen molar-refractivity contribution in [1.82, 2.24) is 4.57 Å². The van der Waals surface area contributed by atoms with E-state index in [4.69, 9.17) is 0 Å². The summed E-state index contributed by atoms with van der Waals surface area (Å²) in [4.78, 5) is 0. The molecule has 218 valence electrons. The molecule has 0 spiro atoms. The Morgan fingerprint density at radius 3 is 1.62 bits per heavy atom. The number of hydrogen-bond donors (Lipinski definition) is 0. The smallest absolute Gasteiger partial charge is 0.0620 e. The third-order valence-electron chi connectivity index (χ3n) is 9.93. The first-order valence-electron chi connectivity index (χ1n) is 16.3. The second kappa shape index (κ2) is 10.2. The van der Waals surface area contributed by atoms with Crippen LogP contribution in [0.2, 0.25) is 0 Å². The fraction of sp³-hybridized carbons (Fsp3) is 0. The lowest BCUT2D eigenvalue weighted by molar-refractivity contribution is 1.18. The summed E-state index contributed by atoms with van der Waals surface area (Å²) in [6.45, 7) is 0. The highest BCUT2D eigenvalue weighted by molar-refractivity contribution is 6.28. The molecule has 0 N–H and O–H groups in total. The second-order valence-corrected chi connectivity index (χ2v) is 12.5. The van der Waals surface area contributed by atoms with Crippen LogP contribution in [0.1, 0.15) is 0 Å². The van der Waals surface area contributed by atoms with Gasteiger partial charge in [-0.15, -0.1) is 0 Å². The Morgan fingerprint density at radius 2 is 0.894 bits per heavy atom. The van der Waals surface area contributed by atoms with E-state index in [1.165, 1.54) is 87.1 Å². The van der Waals surface area contributed by atoms with E-state index >= 15 is 0 Å². The molecule has 0 bridgehead atoms. The van der Waals surface area contributed by atoms with Crippen LogP contribution in [-0.4, -0.2) is 4.57 Å². The molecule has 0 fully saturated rings. The first kappa shape index (κ1) is 26.1. The summed E-state index contributed by atoms with van der Waals surface area (Å²) in [6, 6.07) is 64.5. The number of rotatable bonds is 3. The predicted octanol–water partition coefficient (Wildman–Crippen LogP) is 12.7. The molecule has 1 nitrogen and oxygen atoms in total. The van der Waals surface area contributed by atoms with Crippen LogP contribution in [0.3, 0.4) is 0 Å². The van der Waals surface area contributed by atoms with Crippen molar-refractivity contribution in [2.45, 2.75) is 0 Å². The summed E-state index contributed by atoms with van der Waals surface area (Å²) >= 11 is 0. The zero-order valence-electron chi connectivity index (χ0n) is 25.7.